The Morgan fingerprint density at radius 3 is 2.60 bits per heavy atom. The number of halogens is 1. The first-order chi connectivity index (χ1) is 14.3. The fourth-order valence-corrected chi connectivity index (χ4v) is 3.11. The molecule has 1 heterocycles. The van der Waals surface area contributed by atoms with E-state index in [4.69, 9.17) is 16.3 Å². The van der Waals surface area contributed by atoms with Crippen LogP contribution in [0.3, 0.4) is 0 Å². The quantitative estimate of drug-likeness (QED) is 0.686. The summed E-state index contributed by atoms with van der Waals surface area (Å²) in [4.78, 5) is 48.6. The molecule has 1 saturated heterocycles. The molecule has 0 aliphatic carbocycles. The van der Waals surface area contributed by atoms with E-state index in [-0.39, 0.29) is 13.0 Å². The Morgan fingerprint density at radius 2 is 1.87 bits per heavy atom. The van der Waals surface area contributed by atoms with Gasteiger partial charge in [0.25, 0.3) is 11.8 Å². The Morgan fingerprint density at radius 1 is 1.13 bits per heavy atom. The second-order valence-electron chi connectivity index (χ2n) is 6.78. The molecule has 1 aliphatic heterocycles. The number of anilines is 1. The number of carbonyl (C=O) groups is 4. The lowest BCUT2D eigenvalue weighted by atomic mass is 10.1. The maximum Gasteiger partial charge on any atom is 0.311 e. The number of ether oxygens (including phenoxy) is 1. The van der Waals surface area contributed by atoms with Crippen LogP contribution in [0.25, 0.3) is 0 Å². The van der Waals surface area contributed by atoms with Crippen LogP contribution < -0.4 is 10.7 Å². The number of benzene rings is 2. The first-order valence-corrected chi connectivity index (χ1v) is 9.61. The minimum Gasteiger partial charge on any atom is -0.455 e. The highest BCUT2D eigenvalue weighted by Gasteiger charge is 2.36. The molecule has 0 saturated carbocycles. The number of hydrogen-bond donors (Lipinski definition) is 2. The van der Waals surface area contributed by atoms with Crippen molar-refractivity contribution < 1.29 is 23.9 Å². The van der Waals surface area contributed by atoms with Crippen molar-refractivity contribution in [3.63, 3.8) is 0 Å². The van der Waals surface area contributed by atoms with Crippen molar-refractivity contribution in [3.05, 3.63) is 64.7 Å². The molecule has 3 rings (SSSR count). The van der Waals surface area contributed by atoms with E-state index in [0.29, 0.717) is 21.8 Å². The zero-order valence-corrected chi connectivity index (χ0v) is 16.9. The predicted octanol–water partition coefficient (Wildman–Crippen LogP) is 2.32. The monoisotopic (exact) mass is 429 g/mol. The average Bonchev–Trinajstić information content (AvgIpc) is 3.10. The highest BCUT2D eigenvalue weighted by molar-refractivity contribution is 6.31. The molecule has 3 amide bonds. The van der Waals surface area contributed by atoms with E-state index >= 15 is 0 Å². The van der Waals surface area contributed by atoms with Gasteiger partial charge in [-0.15, -0.1) is 0 Å². The number of rotatable bonds is 6. The molecule has 30 heavy (non-hydrogen) atoms. The van der Waals surface area contributed by atoms with Gasteiger partial charge in [0, 0.05) is 22.7 Å². The second kappa shape index (κ2) is 9.41. The SMILES string of the molecule is Cc1c(Cl)cccc1NC(=O)COC(=O)[C@H]1CC(=O)N(NC(=O)c2ccccc2)C1. The summed E-state index contributed by atoms with van der Waals surface area (Å²) < 4.78 is 5.04. The van der Waals surface area contributed by atoms with Crippen LogP contribution in [0.15, 0.2) is 48.5 Å². The molecule has 2 aromatic carbocycles. The van der Waals surface area contributed by atoms with Gasteiger partial charge in [-0.2, -0.15) is 0 Å². The molecule has 1 atom stereocenters. The summed E-state index contributed by atoms with van der Waals surface area (Å²) in [5, 5.41) is 4.22. The number of carbonyl (C=O) groups excluding carboxylic acids is 4. The standard InChI is InChI=1S/C21H20ClN3O5/c1-13-16(22)8-5-9-17(13)23-18(26)12-30-21(29)15-10-19(27)25(11-15)24-20(28)14-6-3-2-4-7-14/h2-9,15H,10-12H2,1H3,(H,23,26)(H,24,28)/t15-/m0/s1. The lowest BCUT2D eigenvalue weighted by Gasteiger charge is -2.17. The normalized spacial score (nSPS) is 15.6. The maximum absolute atomic E-state index is 12.3. The topological polar surface area (TPSA) is 105 Å². The van der Waals surface area contributed by atoms with Crippen LogP contribution in [0.2, 0.25) is 5.02 Å². The Balaban J connectivity index is 1.49. The fraction of sp³-hybridized carbons (Fsp3) is 0.238. The van der Waals surface area contributed by atoms with Crippen LogP contribution in [0, 0.1) is 12.8 Å². The molecular formula is C21H20ClN3O5. The van der Waals surface area contributed by atoms with Gasteiger partial charge in [0.15, 0.2) is 6.61 Å². The maximum atomic E-state index is 12.3. The van der Waals surface area contributed by atoms with Crippen molar-refractivity contribution in [2.45, 2.75) is 13.3 Å². The van der Waals surface area contributed by atoms with E-state index in [2.05, 4.69) is 10.7 Å². The molecule has 2 aromatic rings. The molecule has 2 N–H and O–H groups in total. The Labute approximate surface area is 178 Å². The molecule has 1 aliphatic rings. The lowest BCUT2D eigenvalue weighted by Crippen LogP contribution is -2.43. The third-order valence-electron chi connectivity index (χ3n) is 4.62. The molecule has 1 fully saturated rings. The molecule has 156 valence electrons. The van der Waals surface area contributed by atoms with E-state index in [1.165, 1.54) is 0 Å². The van der Waals surface area contributed by atoms with Gasteiger partial charge in [-0.05, 0) is 36.8 Å². The average molecular weight is 430 g/mol. The molecule has 0 radical (unpaired) electrons. The number of nitrogens with zero attached hydrogens (tertiary/aromatic N) is 1. The summed E-state index contributed by atoms with van der Waals surface area (Å²) in [7, 11) is 0. The highest BCUT2D eigenvalue weighted by atomic mass is 35.5. The van der Waals surface area contributed by atoms with Crippen LogP contribution in [0.5, 0.6) is 0 Å². The summed E-state index contributed by atoms with van der Waals surface area (Å²) in [6.45, 7) is 1.24. The Kier molecular flexibility index (Phi) is 6.68. The Bertz CT molecular complexity index is 980. The molecule has 9 heteroatoms. The zero-order chi connectivity index (χ0) is 21.7. The van der Waals surface area contributed by atoms with Gasteiger partial charge in [0.2, 0.25) is 5.91 Å². The molecule has 0 unspecified atom stereocenters. The van der Waals surface area contributed by atoms with Crippen LogP contribution in [0.1, 0.15) is 22.3 Å². The summed E-state index contributed by atoms with van der Waals surface area (Å²) in [5.74, 6) is -2.83. The number of nitrogens with one attached hydrogen (secondary N) is 2. The molecule has 0 aromatic heterocycles. The zero-order valence-electron chi connectivity index (χ0n) is 16.2. The van der Waals surface area contributed by atoms with Gasteiger partial charge >= 0.3 is 5.97 Å². The van der Waals surface area contributed by atoms with Crippen molar-refractivity contribution in [2.75, 3.05) is 18.5 Å². The number of esters is 1. The van der Waals surface area contributed by atoms with Crippen molar-refractivity contribution in [3.8, 4) is 0 Å². The van der Waals surface area contributed by atoms with E-state index in [0.717, 1.165) is 5.01 Å². The first kappa shape index (κ1) is 21.3. The molecule has 0 bridgehead atoms. The number of amides is 3. The van der Waals surface area contributed by atoms with Gasteiger partial charge in [0.05, 0.1) is 12.5 Å². The van der Waals surface area contributed by atoms with Gasteiger partial charge < -0.3 is 10.1 Å². The predicted molar refractivity (Wildman–Crippen MR) is 110 cm³/mol. The number of hydrogen-bond acceptors (Lipinski definition) is 5. The first-order valence-electron chi connectivity index (χ1n) is 9.23. The fourth-order valence-electron chi connectivity index (χ4n) is 2.93. The third kappa shape index (κ3) is 5.15. The lowest BCUT2D eigenvalue weighted by molar-refractivity contribution is -0.151. The number of hydrazine groups is 1. The van der Waals surface area contributed by atoms with E-state index in [1.807, 2.05) is 0 Å². The van der Waals surface area contributed by atoms with Gasteiger partial charge in [0.1, 0.15) is 0 Å². The van der Waals surface area contributed by atoms with Gasteiger partial charge in [-0.1, -0.05) is 35.9 Å². The molecule has 0 spiro atoms. The summed E-state index contributed by atoms with van der Waals surface area (Å²) in [6.07, 6.45) is -0.108. The van der Waals surface area contributed by atoms with Crippen LogP contribution in [-0.4, -0.2) is 41.9 Å². The van der Waals surface area contributed by atoms with E-state index < -0.39 is 36.2 Å². The molecule has 8 nitrogen and oxygen atoms in total. The van der Waals surface area contributed by atoms with Crippen LogP contribution in [0.4, 0.5) is 5.69 Å². The minimum absolute atomic E-state index is 0.0226. The summed E-state index contributed by atoms with van der Waals surface area (Å²) >= 11 is 6.01. The van der Waals surface area contributed by atoms with Crippen LogP contribution >= 0.6 is 11.6 Å². The highest BCUT2D eigenvalue weighted by Crippen LogP contribution is 2.23. The van der Waals surface area contributed by atoms with Crippen molar-refractivity contribution in [1.82, 2.24) is 10.4 Å². The Hall–Kier alpha value is -3.39. The van der Waals surface area contributed by atoms with E-state index in [9.17, 15) is 19.2 Å². The van der Waals surface area contributed by atoms with Crippen molar-refractivity contribution in [1.29, 1.82) is 0 Å². The van der Waals surface area contributed by atoms with Gasteiger partial charge in [-0.3, -0.25) is 29.6 Å². The van der Waals surface area contributed by atoms with Gasteiger partial charge in [-0.25, -0.2) is 0 Å². The van der Waals surface area contributed by atoms with E-state index in [1.54, 1.807) is 55.5 Å². The largest absolute Gasteiger partial charge is 0.455 e. The third-order valence-corrected chi connectivity index (χ3v) is 5.03. The van der Waals surface area contributed by atoms with Crippen LogP contribution in [-0.2, 0) is 19.1 Å². The minimum atomic E-state index is -0.769. The molecular weight excluding hydrogens is 410 g/mol. The van der Waals surface area contributed by atoms with Crippen molar-refractivity contribution >= 4 is 41.0 Å². The summed E-state index contributed by atoms with van der Waals surface area (Å²) in [5.41, 5.74) is 4.10. The van der Waals surface area contributed by atoms with Crippen molar-refractivity contribution in [2.24, 2.45) is 5.92 Å². The second-order valence-corrected chi connectivity index (χ2v) is 7.19. The summed E-state index contributed by atoms with van der Waals surface area (Å²) in [6, 6.07) is 13.5. The smallest absolute Gasteiger partial charge is 0.311 e.